The number of nitrogens with one attached hydrogen (secondary N) is 2. The number of thioether (sulfide) groups is 1. The van der Waals surface area contributed by atoms with Gasteiger partial charge in [0.2, 0.25) is 11.7 Å². The average Bonchev–Trinajstić information content (AvgIpc) is 3.40. The smallest absolute Gasteiger partial charge is 0.273 e. The second-order valence-electron chi connectivity index (χ2n) is 6.52. The molecule has 0 aliphatic rings. The number of hydrazine groups is 1. The first-order chi connectivity index (χ1) is 15.0. The van der Waals surface area contributed by atoms with Crippen LogP contribution in [0.2, 0.25) is 0 Å². The number of rotatable bonds is 6. The van der Waals surface area contributed by atoms with E-state index in [9.17, 15) is 14.4 Å². The number of para-hydroxylation sites is 1. The van der Waals surface area contributed by atoms with Crippen molar-refractivity contribution in [1.82, 2.24) is 30.0 Å². The Morgan fingerprint density at radius 2 is 2.03 bits per heavy atom. The van der Waals surface area contributed by atoms with Crippen LogP contribution in [0.15, 0.2) is 63.6 Å². The molecule has 158 valence electrons. The molecule has 0 atom stereocenters. The zero-order valence-electron chi connectivity index (χ0n) is 16.5. The van der Waals surface area contributed by atoms with Gasteiger partial charge in [-0.1, -0.05) is 30.0 Å². The summed E-state index contributed by atoms with van der Waals surface area (Å²) in [6.07, 6.45) is 3.00. The Kier molecular flexibility index (Phi) is 5.58. The number of aryl methyl sites for hydroxylation is 1. The number of aromatic nitrogens is 4. The normalized spacial score (nSPS) is 11.0. The lowest BCUT2D eigenvalue weighted by atomic mass is 10.2. The highest BCUT2D eigenvalue weighted by Gasteiger charge is 2.17. The Labute approximate surface area is 179 Å². The van der Waals surface area contributed by atoms with Crippen LogP contribution in [0, 0.1) is 6.92 Å². The maximum Gasteiger partial charge on any atom is 0.273 e. The highest BCUT2D eigenvalue weighted by atomic mass is 32.2. The Hall–Kier alpha value is -3.86. The lowest BCUT2D eigenvalue weighted by molar-refractivity contribution is -0.119. The number of carbonyl (C=O) groups excluding carboxylic acids is 2. The Morgan fingerprint density at radius 1 is 1.23 bits per heavy atom. The molecule has 4 rings (SSSR count). The van der Waals surface area contributed by atoms with Gasteiger partial charge in [-0.25, -0.2) is 0 Å². The summed E-state index contributed by atoms with van der Waals surface area (Å²) in [5.41, 5.74) is 5.49. The van der Waals surface area contributed by atoms with E-state index in [1.165, 1.54) is 16.9 Å². The molecule has 10 nitrogen and oxygen atoms in total. The minimum Gasteiger partial charge on any atom is -0.469 e. The molecular weight excluding hydrogens is 420 g/mol. The first kappa shape index (κ1) is 20.4. The van der Waals surface area contributed by atoms with Crippen molar-refractivity contribution in [1.29, 1.82) is 0 Å². The van der Waals surface area contributed by atoms with Crippen molar-refractivity contribution in [3.05, 3.63) is 70.9 Å². The number of carbonyl (C=O) groups is 2. The van der Waals surface area contributed by atoms with Crippen LogP contribution in [0.4, 0.5) is 0 Å². The van der Waals surface area contributed by atoms with Crippen molar-refractivity contribution < 1.29 is 14.0 Å². The molecule has 0 bridgehead atoms. The SMILES string of the molecule is C=CCn1c(=O)c2ccccc2n2c(SCC(=O)NNC(=O)c3ccoc3C)nnc12. The third kappa shape index (κ3) is 3.82. The van der Waals surface area contributed by atoms with Gasteiger partial charge in [0.15, 0.2) is 5.16 Å². The Morgan fingerprint density at radius 3 is 2.77 bits per heavy atom. The molecule has 0 radical (unpaired) electrons. The fourth-order valence-electron chi connectivity index (χ4n) is 3.10. The molecule has 0 aliphatic heterocycles. The quantitative estimate of drug-likeness (QED) is 0.267. The van der Waals surface area contributed by atoms with Gasteiger partial charge in [0.1, 0.15) is 5.76 Å². The first-order valence-corrected chi connectivity index (χ1v) is 10.2. The number of hydrogen-bond donors (Lipinski definition) is 2. The van der Waals surface area contributed by atoms with Gasteiger partial charge < -0.3 is 4.42 Å². The van der Waals surface area contributed by atoms with Crippen molar-refractivity contribution in [2.45, 2.75) is 18.6 Å². The number of benzene rings is 1. The standard InChI is InChI=1S/C20H18N6O4S/c1-3-9-25-18(29)14-6-4-5-7-15(14)26-19(25)23-24-20(26)31-11-16(27)21-22-17(28)13-8-10-30-12(13)2/h3-8,10H,1,9,11H2,2H3,(H,21,27)(H,22,28). The van der Waals surface area contributed by atoms with Gasteiger partial charge in [-0.05, 0) is 25.1 Å². The minimum absolute atomic E-state index is 0.0274. The van der Waals surface area contributed by atoms with E-state index in [0.29, 0.717) is 33.2 Å². The summed E-state index contributed by atoms with van der Waals surface area (Å²) in [7, 11) is 0. The fraction of sp³-hybridized carbons (Fsp3) is 0.150. The molecule has 0 saturated carbocycles. The summed E-state index contributed by atoms with van der Waals surface area (Å²) in [4.78, 5) is 37.1. The van der Waals surface area contributed by atoms with Crippen LogP contribution in [0.25, 0.3) is 16.7 Å². The van der Waals surface area contributed by atoms with Crippen molar-refractivity contribution >= 4 is 40.3 Å². The van der Waals surface area contributed by atoms with E-state index in [-0.39, 0.29) is 17.9 Å². The van der Waals surface area contributed by atoms with E-state index in [1.54, 1.807) is 35.6 Å². The van der Waals surface area contributed by atoms with E-state index in [4.69, 9.17) is 4.42 Å². The van der Waals surface area contributed by atoms with Gasteiger partial charge >= 0.3 is 0 Å². The third-order valence-electron chi connectivity index (χ3n) is 4.54. The summed E-state index contributed by atoms with van der Waals surface area (Å²) < 4.78 is 8.27. The molecule has 4 aromatic rings. The van der Waals surface area contributed by atoms with Gasteiger partial charge in [0.05, 0.1) is 28.5 Å². The van der Waals surface area contributed by atoms with Crippen LogP contribution >= 0.6 is 11.8 Å². The molecule has 0 fully saturated rings. The van der Waals surface area contributed by atoms with Crippen LogP contribution in [0.1, 0.15) is 16.1 Å². The molecule has 0 saturated heterocycles. The van der Waals surface area contributed by atoms with E-state index in [1.807, 2.05) is 6.07 Å². The highest BCUT2D eigenvalue weighted by Crippen LogP contribution is 2.21. The number of fused-ring (bicyclic) bond motifs is 3. The van der Waals surface area contributed by atoms with Crippen molar-refractivity contribution in [3.8, 4) is 0 Å². The molecule has 3 heterocycles. The number of amides is 2. The number of nitrogens with zero attached hydrogens (tertiary/aromatic N) is 4. The molecule has 0 spiro atoms. The maximum atomic E-state index is 12.8. The van der Waals surface area contributed by atoms with Crippen molar-refractivity contribution in [2.24, 2.45) is 0 Å². The van der Waals surface area contributed by atoms with E-state index >= 15 is 0 Å². The number of hydrogen-bond acceptors (Lipinski definition) is 7. The Bertz CT molecular complexity index is 1370. The van der Waals surface area contributed by atoms with E-state index in [0.717, 1.165) is 11.8 Å². The van der Waals surface area contributed by atoms with Crippen LogP contribution < -0.4 is 16.4 Å². The Balaban J connectivity index is 1.54. The van der Waals surface area contributed by atoms with Crippen LogP contribution in [-0.4, -0.2) is 36.7 Å². The zero-order chi connectivity index (χ0) is 22.0. The van der Waals surface area contributed by atoms with E-state index in [2.05, 4.69) is 27.6 Å². The largest absolute Gasteiger partial charge is 0.469 e. The van der Waals surface area contributed by atoms with Crippen molar-refractivity contribution in [3.63, 3.8) is 0 Å². The van der Waals surface area contributed by atoms with Crippen LogP contribution in [0.5, 0.6) is 0 Å². The third-order valence-corrected chi connectivity index (χ3v) is 5.47. The molecule has 0 aliphatic carbocycles. The van der Waals surface area contributed by atoms with Gasteiger partial charge in [-0.15, -0.1) is 16.8 Å². The summed E-state index contributed by atoms with van der Waals surface area (Å²) in [5, 5.41) is 9.24. The van der Waals surface area contributed by atoms with Gasteiger partial charge in [-0.2, -0.15) is 0 Å². The molecule has 31 heavy (non-hydrogen) atoms. The second kappa shape index (κ2) is 8.48. The van der Waals surface area contributed by atoms with E-state index < -0.39 is 11.8 Å². The topological polar surface area (TPSA) is 124 Å². The highest BCUT2D eigenvalue weighted by molar-refractivity contribution is 7.99. The predicted octanol–water partition coefficient (Wildman–Crippen LogP) is 1.68. The summed E-state index contributed by atoms with van der Waals surface area (Å²) >= 11 is 1.13. The zero-order valence-corrected chi connectivity index (χ0v) is 17.3. The lowest BCUT2D eigenvalue weighted by Gasteiger charge is -2.10. The lowest BCUT2D eigenvalue weighted by Crippen LogP contribution is -2.42. The van der Waals surface area contributed by atoms with Gasteiger partial charge in [-0.3, -0.25) is 34.2 Å². The number of allylic oxidation sites excluding steroid dienone is 1. The van der Waals surface area contributed by atoms with Gasteiger partial charge in [0.25, 0.3) is 11.5 Å². The number of furan rings is 1. The first-order valence-electron chi connectivity index (χ1n) is 9.25. The van der Waals surface area contributed by atoms with Gasteiger partial charge in [0, 0.05) is 6.54 Å². The van der Waals surface area contributed by atoms with Crippen LogP contribution in [0.3, 0.4) is 0 Å². The summed E-state index contributed by atoms with van der Waals surface area (Å²) in [6, 6.07) is 8.63. The molecule has 3 aromatic heterocycles. The molecule has 2 N–H and O–H groups in total. The molecule has 0 unspecified atom stereocenters. The second-order valence-corrected chi connectivity index (χ2v) is 7.46. The fourth-order valence-corrected chi connectivity index (χ4v) is 3.84. The average molecular weight is 438 g/mol. The van der Waals surface area contributed by atoms with Crippen LogP contribution in [-0.2, 0) is 11.3 Å². The predicted molar refractivity (Wildman–Crippen MR) is 115 cm³/mol. The molecule has 11 heteroatoms. The minimum atomic E-state index is -0.475. The van der Waals surface area contributed by atoms with Crippen molar-refractivity contribution in [2.75, 3.05) is 5.75 Å². The molecule has 2 amide bonds. The maximum absolute atomic E-state index is 12.8. The summed E-state index contributed by atoms with van der Waals surface area (Å²) in [6.45, 7) is 5.62. The monoisotopic (exact) mass is 438 g/mol. The molecular formula is C20H18N6O4S. The summed E-state index contributed by atoms with van der Waals surface area (Å²) in [5.74, 6) is -0.124. The molecule has 1 aromatic carbocycles.